The van der Waals surface area contributed by atoms with Gasteiger partial charge in [0.25, 0.3) is 0 Å². The standard InChI is InChI=1S/C22H15F6N5O3/c1-32-18(11-16(31-32)13-5-3-2-4-6-13)30-20(34)35-17-12-29-33(19(17)21(23,24)25)14-7-9-15(10-8-14)36-22(26,27)28/h2-12H,1H3,(H,30,34). The number of carbonyl (C=O) groups excluding carboxylic acids is 1. The summed E-state index contributed by atoms with van der Waals surface area (Å²) in [5, 5.41) is 10.1. The smallest absolute Gasteiger partial charge is 0.406 e. The van der Waals surface area contributed by atoms with E-state index in [1.165, 1.54) is 17.8 Å². The van der Waals surface area contributed by atoms with E-state index >= 15 is 0 Å². The molecule has 2 aromatic heterocycles. The third kappa shape index (κ3) is 5.59. The maximum Gasteiger partial charge on any atom is 0.573 e. The molecule has 4 rings (SSSR count). The average Bonchev–Trinajstić information content (AvgIpc) is 3.37. The Balaban J connectivity index is 1.55. The minimum atomic E-state index is -5.03. The number of anilines is 1. The highest BCUT2D eigenvalue weighted by atomic mass is 19.4. The third-order valence-corrected chi connectivity index (χ3v) is 4.70. The van der Waals surface area contributed by atoms with Gasteiger partial charge in [-0.2, -0.15) is 23.4 Å². The molecule has 0 spiro atoms. The van der Waals surface area contributed by atoms with Crippen LogP contribution in [0.15, 0.2) is 66.9 Å². The molecular weight excluding hydrogens is 496 g/mol. The van der Waals surface area contributed by atoms with Gasteiger partial charge in [-0.3, -0.25) is 10.00 Å². The van der Waals surface area contributed by atoms with Crippen LogP contribution in [-0.2, 0) is 13.2 Å². The maximum atomic E-state index is 13.8. The van der Waals surface area contributed by atoms with Gasteiger partial charge in [0.1, 0.15) is 11.6 Å². The van der Waals surface area contributed by atoms with Crippen molar-refractivity contribution >= 4 is 11.9 Å². The van der Waals surface area contributed by atoms with Crippen LogP contribution < -0.4 is 14.8 Å². The van der Waals surface area contributed by atoms with Crippen molar-refractivity contribution in [2.45, 2.75) is 12.5 Å². The van der Waals surface area contributed by atoms with Gasteiger partial charge in [0, 0.05) is 18.7 Å². The normalized spacial score (nSPS) is 11.9. The van der Waals surface area contributed by atoms with Gasteiger partial charge in [0.05, 0.1) is 17.6 Å². The van der Waals surface area contributed by atoms with Crippen molar-refractivity contribution in [3.05, 3.63) is 72.6 Å². The molecule has 0 aliphatic rings. The van der Waals surface area contributed by atoms with Crippen LogP contribution >= 0.6 is 0 Å². The number of carbonyl (C=O) groups is 1. The van der Waals surface area contributed by atoms with Crippen molar-refractivity contribution in [1.82, 2.24) is 19.6 Å². The number of nitrogens with one attached hydrogen (secondary N) is 1. The van der Waals surface area contributed by atoms with Crippen molar-refractivity contribution in [1.29, 1.82) is 0 Å². The van der Waals surface area contributed by atoms with E-state index in [-0.39, 0.29) is 11.5 Å². The Labute approximate surface area is 198 Å². The minimum Gasteiger partial charge on any atom is -0.406 e. The van der Waals surface area contributed by atoms with Crippen LogP contribution in [0.4, 0.5) is 37.0 Å². The van der Waals surface area contributed by atoms with E-state index in [9.17, 15) is 31.1 Å². The van der Waals surface area contributed by atoms with E-state index in [1.807, 2.05) is 6.07 Å². The number of ether oxygens (including phenoxy) is 2. The number of nitrogens with zero attached hydrogens (tertiary/aromatic N) is 4. The Morgan fingerprint density at radius 2 is 1.64 bits per heavy atom. The highest BCUT2D eigenvalue weighted by Crippen LogP contribution is 2.38. The van der Waals surface area contributed by atoms with Gasteiger partial charge < -0.3 is 9.47 Å². The molecule has 0 radical (unpaired) electrons. The van der Waals surface area contributed by atoms with Gasteiger partial charge in [-0.1, -0.05) is 30.3 Å². The molecule has 0 bridgehead atoms. The second-order valence-corrected chi connectivity index (χ2v) is 7.23. The summed E-state index contributed by atoms with van der Waals surface area (Å²) in [6, 6.07) is 14.0. The van der Waals surface area contributed by atoms with Gasteiger partial charge >= 0.3 is 18.6 Å². The van der Waals surface area contributed by atoms with E-state index in [2.05, 4.69) is 20.3 Å². The summed E-state index contributed by atoms with van der Waals surface area (Å²) in [6.07, 6.45) is -10.6. The molecule has 2 heterocycles. The molecule has 0 atom stereocenters. The lowest BCUT2D eigenvalue weighted by Gasteiger charge is -2.13. The summed E-state index contributed by atoms with van der Waals surface area (Å²) in [6.45, 7) is 0. The molecule has 0 unspecified atom stereocenters. The summed E-state index contributed by atoms with van der Waals surface area (Å²) >= 11 is 0. The molecule has 0 aliphatic carbocycles. The molecule has 1 amide bonds. The fourth-order valence-electron chi connectivity index (χ4n) is 3.22. The largest absolute Gasteiger partial charge is 0.573 e. The first-order valence-electron chi connectivity index (χ1n) is 10.0. The van der Waals surface area contributed by atoms with E-state index < -0.39 is 35.8 Å². The molecule has 0 aliphatic heterocycles. The Bertz CT molecular complexity index is 1360. The van der Waals surface area contributed by atoms with Crippen molar-refractivity contribution < 1.29 is 40.6 Å². The van der Waals surface area contributed by atoms with Crippen molar-refractivity contribution in [2.75, 3.05) is 5.32 Å². The van der Waals surface area contributed by atoms with Crippen molar-refractivity contribution in [3.8, 4) is 28.4 Å². The number of halogens is 6. The van der Waals surface area contributed by atoms with Crippen LogP contribution in [0.5, 0.6) is 11.5 Å². The quantitative estimate of drug-likeness (QED) is 0.343. The van der Waals surface area contributed by atoms with Crippen LogP contribution in [0.3, 0.4) is 0 Å². The second-order valence-electron chi connectivity index (χ2n) is 7.23. The van der Waals surface area contributed by atoms with Gasteiger partial charge in [-0.15, -0.1) is 13.2 Å². The molecule has 14 heteroatoms. The zero-order valence-electron chi connectivity index (χ0n) is 18.1. The number of aryl methyl sites for hydroxylation is 1. The van der Waals surface area contributed by atoms with Gasteiger partial charge in [-0.05, 0) is 24.3 Å². The van der Waals surface area contributed by atoms with Crippen molar-refractivity contribution in [3.63, 3.8) is 0 Å². The zero-order chi connectivity index (χ0) is 26.1. The molecular formula is C22H15F6N5O3. The predicted molar refractivity (Wildman–Crippen MR) is 114 cm³/mol. The summed E-state index contributed by atoms with van der Waals surface area (Å²) in [5.74, 6) is -1.39. The third-order valence-electron chi connectivity index (χ3n) is 4.70. The first-order chi connectivity index (χ1) is 16.9. The Morgan fingerprint density at radius 1 is 0.972 bits per heavy atom. The number of rotatable bonds is 5. The average molecular weight is 511 g/mol. The summed E-state index contributed by atoms with van der Waals surface area (Å²) < 4.78 is 88.7. The van der Waals surface area contributed by atoms with Crippen LogP contribution in [0.25, 0.3) is 16.9 Å². The van der Waals surface area contributed by atoms with Gasteiger partial charge in [-0.25, -0.2) is 9.48 Å². The zero-order valence-corrected chi connectivity index (χ0v) is 18.1. The van der Waals surface area contributed by atoms with E-state index in [0.717, 1.165) is 29.8 Å². The Kier molecular flexibility index (Phi) is 6.35. The van der Waals surface area contributed by atoms with Gasteiger partial charge in [0.2, 0.25) is 0 Å². The second kappa shape index (κ2) is 9.28. The minimum absolute atomic E-state index is 0.153. The van der Waals surface area contributed by atoms with E-state index in [1.54, 1.807) is 24.3 Å². The number of amides is 1. The van der Waals surface area contributed by atoms with E-state index in [4.69, 9.17) is 4.74 Å². The molecule has 4 aromatic rings. The van der Waals surface area contributed by atoms with Gasteiger partial charge in [0.15, 0.2) is 11.4 Å². The monoisotopic (exact) mass is 511 g/mol. The maximum absolute atomic E-state index is 13.8. The molecule has 0 saturated heterocycles. The number of aromatic nitrogens is 4. The molecule has 8 nitrogen and oxygen atoms in total. The van der Waals surface area contributed by atoms with Crippen LogP contribution in [0.2, 0.25) is 0 Å². The SMILES string of the molecule is Cn1nc(-c2ccccc2)cc1NC(=O)Oc1cnn(-c2ccc(OC(F)(F)F)cc2)c1C(F)(F)F. The lowest BCUT2D eigenvalue weighted by atomic mass is 10.2. The first-order valence-corrected chi connectivity index (χ1v) is 10.0. The van der Waals surface area contributed by atoms with E-state index in [0.29, 0.717) is 16.6 Å². The highest BCUT2D eigenvalue weighted by Gasteiger charge is 2.40. The molecule has 2 aromatic carbocycles. The lowest BCUT2D eigenvalue weighted by molar-refractivity contribution is -0.274. The Morgan fingerprint density at radius 3 is 2.25 bits per heavy atom. The first kappa shape index (κ1) is 24.6. The highest BCUT2D eigenvalue weighted by molar-refractivity contribution is 5.86. The molecule has 36 heavy (non-hydrogen) atoms. The predicted octanol–water partition coefficient (Wildman–Crippen LogP) is 5.80. The lowest BCUT2D eigenvalue weighted by Crippen LogP contribution is -2.21. The number of benzene rings is 2. The van der Waals surface area contributed by atoms with Crippen molar-refractivity contribution in [2.24, 2.45) is 7.05 Å². The molecule has 188 valence electrons. The number of hydrogen-bond donors (Lipinski definition) is 1. The summed E-state index contributed by atoms with van der Waals surface area (Å²) in [7, 11) is 1.52. The van der Waals surface area contributed by atoms with Crippen LogP contribution in [-0.4, -0.2) is 32.0 Å². The fourth-order valence-corrected chi connectivity index (χ4v) is 3.22. The Hall–Kier alpha value is -4.49. The van der Waals surface area contributed by atoms with Crippen LogP contribution in [0.1, 0.15) is 5.69 Å². The van der Waals surface area contributed by atoms with Crippen LogP contribution in [0, 0.1) is 0 Å². The summed E-state index contributed by atoms with van der Waals surface area (Å²) in [4.78, 5) is 12.4. The molecule has 0 saturated carbocycles. The number of hydrogen-bond acceptors (Lipinski definition) is 5. The number of alkyl halides is 6. The topological polar surface area (TPSA) is 83.2 Å². The molecule has 0 fully saturated rings. The fraction of sp³-hybridized carbons (Fsp3) is 0.136. The summed E-state index contributed by atoms with van der Waals surface area (Å²) in [5.41, 5.74) is -0.430. The molecule has 1 N–H and O–H groups in total.